The van der Waals surface area contributed by atoms with E-state index >= 15 is 0 Å². The smallest absolute Gasteiger partial charge is 0.244 e. The summed E-state index contributed by atoms with van der Waals surface area (Å²) in [5.41, 5.74) is 6.77. The van der Waals surface area contributed by atoms with Gasteiger partial charge < -0.3 is 10.6 Å². The van der Waals surface area contributed by atoms with E-state index in [0.29, 0.717) is 19.6 Å². The van der Waals surface area contributed by atoms with Crippen molar-refractivity contribution in [3.05, 3.63) is 42.2 Å². The van der Waals surface area contributed by atoms with Gasteiger partial charge in [-0.3, -0.25) is 4.79 Å². The number of hydrogen-bond donors (Lipinski definition) is 1. The van der Waals surface area contributed by atoms with E-state index < -0.39 is 0 Å². The molecule has 0 atom stereocenters. The third kappa shape index (κ3) is 4.13. The van der Waals surface area contributed by atoms with Gasteiger partial charge in [-0.25, -0.2) is 4.68 Å². The van der Waals surface area contributed by atoms with Crippen molar-refractivity contribution in [2.24, 2.45) is 5.73 Å². The summed E-state index contributed by atoms with van der Waals surface area (Å²) >= 11 is 0. The lowest BCUT2D eigenvalue weighted by atomic mass is 10.1. The maximum atomic E-state index is 12.2. The highest BCUT2D eigenvalue weighted by Gasteiger charge is 2.13. The molecule has 1 aromatic carbocycles. The Kier molecular flexibility index (Phi) is 5.19. The van der Waals surface area contributed by atoms with Gasteiger partial charge in [0, 0.05) is 19.6 Å². The maximum Gasteiger partial charge on any atom is 0.244 e. The first-order valence-electron chi connectivity index (χ1n) is 6.52. The molecule has 0 saturated heterocycles. The summed E-state index contributed by atoms with van der Waals surface area (Å²) in [4.78, 5) is 13.9. The van der Waals surface area contributed by atoms with Gasteiger partial charge in [0.25, 0.3) is 0 Å². The number of rotatable bonds is 7. The molecule has 20 heavy (non-hydrogen) atoms. The van der Waals surface area contributed by atoms with Gasteiger partial charge in [0.1, 0.15) is 12.9 Å². The molecular formula is C13H18N6O. The van der Waals surface area contributed by atoms with Gasteiger partial charge in [0.15, 0.2) is 0 Å². The molecule has 2 N–H and O–H groups in total. The zero-order chi connectivity index (χ0) is 14.2. The Morgan fingerprint density at radius 2 is 2.05 bits per heavy atom. The van der Waals surface area contributed by atoms with Crippen molar-refractivity contribution in [2.75, 3.05) is 19.6 Å². The van der Waals surface area contributed by atoms with E-state index in [4.69, 9.17) is 5.73 Å². The molecule has 1 amide bonds. The average molecular weight is 274 g/mol. The molecule has 7 nitrogen and oxygen atoms in total. The van der Waals surface area contributed by atoms with Crippen molar-refractivity contribution >= 4 is 5.91 Å². The van der Waals surface area contributed by atoms with Crippen LogP contribution in [0.1, 0.15) is 5.56 Å². The minimum Gasteiger partial charge on any atom is -0.339 e. The third-order valence-electron chi connectivity index (χ3n) is 2.95. The minimum atomic E-state index is -0.0290. The Bertz CT molecular complexity index is 513. The summed E-state index contributed by atoms with van der Waals surface area (Å²) in [7, 11) is 0. The Morgan fingerprint density at radius 3 is 2.70 bits per heavy atom. The summed E-state index contributed by atoms with van der Waals surface area (Å²) in [6.45, 7) is 1.76. The Balaban J connectivity index is 1.90. The van der Waals surface area contributed by atoms with E-state index in [0.717, 1.165) is 6.42 Å². The zero-order valence-corrected chi connectivity index (χ0v) is 11.2. The standard InChI is InChI=1S/C13H18N6O/c14-7-9-18(8-6-12-4-2-1-3-5-12)13(20)10-19-11-15-16-17-19/h1-5,11H,6-10,14H2. The summed E-state index contributed by atoms with van der Waals surface area (Å²) in [5, 5.41) is 10.7. The van der Waals surface area contributed by atoms with Crippen LogP contribution in [0.25, 0.3) is 0 Å². The van der Waals surface area contributed by atoms with Crippen LogP contribution in [0.3, 0.4) is 0 Å². The highest BCUT2D eigenvalue weighted by atomic mass is 16.2. The minimum absolute atomic E-state index is 0.0290. The molecule has 0 aliphatic carbocycles. The van der Waals surface area contributed by atoms with Gasteiger partial charge in [0.2, 0.25) is 5.91 Å². The quantitative estimate of drug-likeness (QED) is 0.749. The van der Waals surface area contributed by atoms with E-state index in [1.54, 1.807) is 4.90 Å². The molecule has 2 rings (SSSR count). The molecule has 0 bridgehead atoms. The third-order valence-corrected chi connectivity index (χ3v) is 2.95. The lowest BCUT2D eigenvalue weighted by Gasteiger charge is -2.21. The van der Waals surface area contributed by atoms with Crippen molar-refractivity contribution in [3.8, 4) is 0 Å². The molecule has 1 heterocycles. The number of tetrazole rings is 1. The lowest BCUT2D eigenvalue weighted by molar-refractivity contribution is -0.132. The molecule has 2 aromatic rings. The number of benzene rings is 1. The number of hydrogen-bond acceptors (Lipinski definition) is 5. The van der Waals surface area contributed by atoms with Gasteiger partial charge >= 0.3 is 0 Å². The van der Waals surface area contributed by atoms with E-state index in [1.165, 1.54) is 16.6 Å². The predicted octanol–water partition coefficient (Wildman–Crippen LogP) is -0.297. The first kappa shape index (κ1) is 14.1. The molecule has 0 aliphatic rings. The Labute approximate surface area is 117 Å². The Morgan fingerprint density at radius 1 is 1.25 bits per heavy atom. The van der Waals surface area contributed by atoms with Crippen LogP contribution in [0, 0.1) is 0 Å². The number of aromatic nitrogens is 4. The largest absolute Gasteiger partial charge is 0.339 e. The average Bonchev–Trinajstić information content (AvgIpc) is 2.97. The molecule has 0 spiro atoms. The van der Waals surface area contributed by atoms with E-state index in [-0.39, 0.29) is 12.5 Å². The van der Waals surface area contributed by atoms with Crippen LogP contribution in [0.2, 0.25) is 0 Å². The molecule has 0 fully saturated rings. The van der Waals surface area contributed by atoms with Gasteiger partial charge in [0.05, 0.1) is 0 Å². The fourth-order valence-electron chi connectivity index (χ4n) is 1.92. The normalized spacial score (nSPS) is 10.4. The van der Waals surface area contributed by atoms with Crippen molar-refractivity contribution in [3.63, 3.8) is 0 Å². The van der Waals surface area contributed by atoms with Gasteiger partial charge in [-0.2, -0.15) is 0 Å². The van der Waals surface area contributed by atoms with Crippen molar-refractivity contribution in [1.29, 1.82) is 0 Å². The molecule has 0 saturated carbocycles. The van der Waals surface area contributed by atoms with Crippen molar-refractivity contribution in [2.45, 2.75) is 13.0 Å². The second-order valence-corrected chi connectivity index (χ2v) is 4.41. The maximum absolute atomic E-state index is 12.2. The second kappa shape index (κ2) is 7.34. The van der Waals surface area contributed by atoms with E-state index in [1.807, 2.05) is 30.3 Å². The molecule has 0 radical (unpaired) electrons. The lowest BCUT2D eigenvalue weighted by Crippen LogP contribution is -2.39. The molecule has 7 heteroatoms. The highest BCUT2D eigenvalue weighted by molar-refractivity contribution is 5.75. The van der Waals surface area contributed by atoms with E-state index in [2.05, 4.69) is 15.5 Å². The van der Waals surface area contributed by atoms with Crippen LogP contribution in [-0.4, -0.2) is 50.6 Å². The van der Waals surface area contributed by atoms with Crippen molar-refractivity contribution < 1.29 is 4.79 Å². The van der Waals surface area contributed by atoms with Gasteiger partial charge in [-0.05, 0) is 22.4 Å². The SMILES string of the molecule is NCCN(CCc1ccccc1)C(=O)Cn1cnnn1. The predicted molar refractivity (Wildman–Crippen MR) is 73.6 cm³/mol. The molecule has 1 aromatic heterocycles. The summed E-state index contributed by atoms with van der Waals surface area (Å²) < 4.78 is 1.41. The summed E-state index contributed by atoms with van der Waals surface area (Å²) in [5.74, 6) is -0.0290. The van der Waals surface area contributed by atoms with E-state index in [9.17, 15) is 4.79 Å². The first-order chi connectivity index (χ1) is 9.79. The summed E-state index contributed by atoms with van der Waals surface area (Å²) in [6, 6.07) is 10.1. The Hall–Kier alpha value is -2.28. The van der Waals surface area contributed by atoms with Crippen LogP contribution < -0.4 is 5.73 Å². The fourth-order valence-corrected chi connectivity index (χ4v) is 1.92. The van der Waals surface area contributed by atoms with Crippen LogP contribution in [0.5, 0.6) is 0 Å². The van der Waals surface area contributed by atoms with Crippen LogP contribution in [-0.2, 0) is 17.8 Å². The number of amides is 1. The molecule has 0 aliphatic heterocycles. The van der Waals surface area contributed by atoms with Crippen LogP contribution in [0.4, 0.5) is 0 Å². The first-order valence-corrected chi connectivity index (χ1v) is 6.52. The molecule has 0 unspecified atom stereocenters. The zero-order valence-electron chi connectivity index (χ0n) is 11.2. The van der Waals surface area contributed by atoms with Gasteiger partial charge in [-0.1, -0.05) is 30.3 Å². The van der Waals surface area contributed by atoms with Crippen LogP contribution >= 0.6 is 0 Å². The second-order valence-electron chi connectivity index (χ2n) is 4.41. The van der Waals surface area contributed by atoms with Gasteiger partial charge in [-0.15, -0.1) is 5.10 Å². The van der Waals surface area contributed by atoms with Crippen LogP contribution in [0.15, 0.2) is 36.7 Å². The highest BCUT2D eigenvalue weighted by Crippen LogP contribution is 2.02. The number of nitrogens with zero attached hydrogens (tertiary/aromatic N) is 5. The fraction of sp³-hybridized carbons (Fsp3) is 0.385. The monoisotopic (exact) mass is 274 g/mol. The summed E-state index contributed by atoms with van der Waals surface area (Å²) in [6.07, 6.45) is 2.23. The number of carbonyl (C=O) groups is 1. The molecule has 106 valence electrons. The number of carbonyl (C=O) groups excluding carboxylic acids is 1. The molecular weight excluding hydrogens is 256 g/mol. The topological polar surface area (TPSA) is 89.9 Å². The number of nitrogens with two attached hydrogens (primary N) is 1. The van der Waals surface area contributed by atoms with Crippen molar-refractivity contribution in [1.82, 2.24) is 25.1 Å².